The van der Waals surface area contributed by atoms with Crippen LogP contribution in [0.4, 0.5) is 0 Å². The van der Waals surface area contributed by atoms with Crippen molar-refractivity contribution in [1.82, 2.24) is 4.57 Å². The van der Waals surface area contributed by atoms with Crippen molar-refractivity contribution in [1.29, 1.82) is 0 Å². The molecule has 0 saturated heterocycles. The van der Waals surface area contributed by atoms with Gasteiger partial charge in [0.2, 0.25) is 0 Å². The highest BCUT2D eigenvalue weighted by Crippen LogP contribution is 2.34. The van der Waals surface area contributed by atoms with Crippen molar-refractivity contribution in [2.75, 3.05) is 6.61 Å². The lowest BCUT2D eigenvalue weighted by atomic mass is 10.1. The van der Waals surface area contributed by atoms with E-state index in [0.717, 1.165) is 0 Å². The minimum atomic E-state index is -1.05. The van der Waals surface area contributed by atoms with E-state index in [0.29, 0.717) is 21.8 Å². The minimum Gasteiger partial charge on any atom is -0.480 e. The van der Waals surface area contributed by atoms with E-state index in [9.17, 15) is 14.7 Å². The van der Waals surface area contributed by atoms with Gasteiger partial charge in [0.05, 0.1) is 21.4 Å². The molecule has 0 aliphatic rings. The number of para-hydroxylation sites is 1. The molecular weight excluding hydrogens is 330 g/mol. The minimum absolute atomic E-state index is 0.0487. The lowest BCUT2D eigenvalue weighted by Crippen LogP contribution is -2.17. The van der Waals surface area contributed by atoms with Crippen LogP contribution in [0.1, 0.15) is 0 Å². The number of carboxylic acids is 1. The maximum Gasteiger partial charge on any atom is 0.323 e. The first-order valence-electron chi connectivity index (χ1n) is 7.06. The Labute approximate surface area is 142 Å². The molecule has 1 N–H and O–H groups in total. The summed E-state index contributed by atoms with van der Waals surface area (Å²) in [6.45, 7) is -0.392. The normalized spacial score (nSPS) is 10.7. The summed E-state index contributed by atoms with van der Waals surface area (Å²) >= 11 is 6.19. The zero-order valence-corrected chi connectivity index (χ0v) is 13.2. The first-order valence-corrected chi connectivity index (χ1v) is 7.44. The molecule has 3 aromatic rings. The van der Waals surface area contributed by atoms with Gasteiger partial charge in [-0.15, -0.1) is 6.42 Å². The Kier molecular flexibility index (Phi) is 4.15. The van der Waals surface area contributed by atoms with E-state index in [-0.39, 0.29) is 29.4 Å². The molecule has 0 aliphatic carbocycles. The van der Waals surface area contributed by atoms with Crippen LogP contribution in [-0.4, -0.2) is 22.2 Å². The van der Waals surface area contributed by atoms with Crippen molar-refractivity contribution >= 4 is 39.4 Å². The van der Waals surface area contributed by atoms with Crippen LogP contribution in [0.2, 0.25) is 5.02 Å². The number of hydrogen-bond acceptors (Lipinski definition) is 3. The van der Waals surface area contributed by atoms with Crippen molar-refractivity contribution in [3.05, 3.63) is 51.6 Å². The van der Waals surface area contributed by atoms with E-state index in [4.69, 9.17) is 22.8 Å². The van der Waals surface area contributed by atoms with Crippen LogP contribution < -0.4 is 10.2 Å². The summed E-state index contributed by atoms with van der Waals surface area (Å²) in [4.78, 5) is 24.1. The van der Waals surface area contributed by atoms with Crippen LogP contribution in [-0.2, 0) is 11.3 Å². The molecule has 0 bridgehead atoms. The molecule has 0 spiro atoms. The van der Waals surface area contributed by atoms with Crippen molar-refractivity contribution < 1.29 is 14.6 Å². The number of carbonyl (C=O) groups is 1. The van der Waals surface area contributed by atoms with E-state index in [1.165, 1.54) is 10.6 Å². The van der Waals surface area contributed by atoms with Gasteiger partial charge in [-0.3, -0.25) is 9.59 Å². The smallest absolute Gasteiger partial charge is 0.323 e. The number of aromatic nitrogens is 1. The third kappa shape index (κ3) is 2.57. The molecule has 0 saturated carbocycles. The third-order valence-corrected chi connectivity index (χ3v) is 3.93. The number of nitrogens with zero attached hydrogens (tertiary/aromatic N) is 1. The maximum atomic E-state index is 12.8. The van der Waals surface area contributed by atoms with Crippen LogP contribution in [0.15, 0.2) is 41.2 Å². The number of fused-ring (bicyclic) bond motifs is 2. The summed E-state index contributed by atoms with van der Waals surface area (Å²) < 4.78 is 7.01. The fraction of sp³-hybridized carbons (Fsp3) is 0.111. The van der Waals surface area contributed by atoms with E-state index in [2.05, 4.69) is 5.92 Å². The Morgan fingerprint density at radius 3 is 2.71 bits per heavy atom. The molecule has 6 heteroatoms. The summed E-state index contributed by atoms with van der Waals surface area (Å²) in [7, 11) is 0. The van der Waals surface area contributed by atoms with Crippen molar-refractivity contribution in [3.8, 4) is 18.1 Å². The number of hydrogen-bond donors (Lipinski definition) is 1. The van der Waals surface area contributed by atoms with E-state index in [1.807, 2.05) is 0 Å². The molecule has 5 nitrogen and oxygen atoms in total. The van der Waals surface area contributed by atoms with Gasteiger partial charge in [-0.2, -0.15) is 0 Å². The van der Waals surface area contributed by atoms with Crippen LogP contribution >= 0.6 is 11.6 Å². The van der Waals surface area contributed by atoms with Gasteiger partial charge in [-0.1, -0.05) is 29.7 Å². The molecule has 0 radical (unpaired) electrons. The summed E-state index contributed by atoms with van der Waals surface area (Å²) in [6.07, 6.45) is 5.23. The average Bonchev–Trinajstić information content (AvgIpc) is 2.57. The molecule has 24 heavy (non-hydrogen) atoms. The topological polar surface area (TPSA) is 68.5 Å². The number of ether oxygens (including phenoxy) is 1. The second-order valence-electron chi connectivity index (χ2n) is 5.09. The second-order valence-corrected chi connectivity index (χ2v) is 5.50. The molecule has 0 aliphatic heterocycles. The Hall–Kier alpha value is -2.97. The van der Waals surface area contributed by atoms with Crippen LogP contribution in [0, 0.1) is 12.3 Å². The number of aliphatic carboxylic acids is 1. The fourth-order valence-corrected chi connectivity index (χ4v) is 2.92. The summed E-state index contributed by atoms with van der Waals surface area (Å²) in [5.74, 6) is 1.49. The summed E-state index contributed by atoms with van der Waals surface area (Å²) in [5, 5.41) is 10.3. The van der Waals surface area contributed by atoms with Crippen molar-refractivity contribution in [3.63, 3.8) is 0 Å². The molecule has 0 fully saturated rings. The number of rotatable bonds is 4. The van der Waals surface area contributed by atoms with Gasteiger partial charge in [0.15, 0.2) is 11.2 Å². The van der Waals surface area contributed by atoms with Gasteiger partial charge in [0.25, 0.3) is 0 Å². The number of benzene rings is 2. The maximum absolute atomic E-state index is 12.8. The second kappa shape index (κ2) is 6.26. The zero-order valence-electron chi connectivity index (χ0n) is 12.5. The van der Waals surface area contributed by atoms with Gasteiger partial charge in [0.1, 0.15) is 13.2 Å². The van der Waals surface area contributed by atoms with E-state index < -0.39 is 5.97 Å². The van der Waals surface area contributed by atoms with Gasteiger partial charge in [-0.25, -0.2) is 0 Å². The summed E-state index contributed by atoms with van der Waals surface area (Å²) in [6, 6.07) is 9.91. The Morgan fingerprint density at radius 2 is 2.00 bits per heavy atom. The van der Waals surface area contributed by atoms with Gasteiger partial charge < -0.3 is 14.4 Å². The standard InChI is InChI=1S/C18H12ClNO4/c1-2-9-24-18-13(19)8-7-12-16(18)20(10-15(21)22)14-6-4-3-5-11(14)17(12)23/h1,3-8H,9-10H2,(H,21,22). The largest absolute Gasteiger partial charge is 0.480 e. The van der Waals surface area contributed by atoms with E-state index >= 15 is 0 Å². The molecule has 3 rings (SSSR count). The van der Waals surface area contributed by atoms with Crippen molar-refractivity contribution in [2.24, 2.45) is 0 Å². The van der Waals surface area contributed by atoms with E-state index in [1.54, 1.807) is 30.3 Å². The molecular formula is C18H12ClNO4. The molecule has 1 aromatic heterocycles. The monoisotopic (exact) mass is 341 g/mol. The zero-order chi connectivity index (χ0) is 17.3. The van der Waals surface area contributed by atoms with Gasteiger partial charge in [-0.05, 0) is 24.3 Å². The molecule has 0 amide bonds. The van der Waals surface area contributed by atoms with Crippen LogP contribution in [0.3, 0.4) is 0 Å². The Balaban J connectivity index is 2.53. The lowest BCUT2D eigenvalue weighted by molar-refractivity contribution is -0.137. The SMILES string of the molecule is C#CCOc1c(Cl)ccc2c(=O)c3ccccc3n(CC(=O)O)c12. The lowest BCUT2D eigenvalue weighted by Gasteiger charge is -2.17. The first-order chi connectivity index (χ1) is 11.5. The molecule has 120 valence electrons. The highest BCUT2D eigenvalue weighted by atomic mass is 35.5. The predicted octanol–water partition coefficient (Wildman–Crippen LogP) is 2.90. The molecule has 0 unspecified atom stereocenters. The highest BCUT2D eigenvalue weighted by Gasteiger charge is 2.18. The number of halogens is 1. The average molecular weight is 342 g/mol. The van der Waals surface area contributed by atoms with Crippen LogP contribution in [0.5, 0.6) is 5.75 Å². The Morgan fingerprint density at radius 1 is 1.25 bits per heavy atom. The number of carboxylic acid groups (broad SMARTS) is 1. The van der Waals surface area contributed by atoms with Gasteiger partial charge >= 0.3 is 5.97 Å². The third-order valence-electron chi connectivity index (χ3n) is 3.63. The molecule has 0 atom stereocenters. The fourth-order valence-electron chi connectivity index (χ4n) is 2.71. The quantitative estimate of drug-likeness (QED) is 0.585. The Bertz CT molecular complexity index is 1060. The highest BCUT2D eigenvalue weighted by molar-refractivity contribution is 6.33. The van der Waals surface area contributed by atoms with Crippen LogP contribution in [0.25, 0.3) is 21.8 Å². The molecule has 2 aromatic carbocycles. The molecule has 1 heterocycles. The van der Waals surface area contributed by atoms with Gasteiger partial charge in [0, 0.05) is 5.39 Å². The summed E-state index contributed by atoms with van der Waals surface area (Å²) in [5.41, 5.74) is 0.596. The first kappa shape index (κ1) is 15.9. The number of terminal acetylenes is 1. The predicted molar refractivity (Wildman–Crippen MR) is 92.7 cm³/mol. The number of pyridine rings is 1. The van der Waals surface area contributed by atoms with Crippen molar-refractivity contribution in [2.45, 2.75) is 6.54 Å².